The van der Waals surface area contributed by atoms with Crippen LogP contribution in [0.3, 0.4) is 0 Å². The monoisotopic (exact) mass is 372 g/mol. The Morgan fingerprint density at radius 2 is 2.10 bits per heavy atom. The molecule has 1 saturated heterocycles. The Hall–Kier alpha value is -0.940. The Labute approximate surface area is 133 Å². The molecular formula is C14H17BrN2O3S. The first-order valence-electron chi connectivity index (χ1n) is 6.78. The summed E-state index contributed by atoms with van der Waals surface area (Å²) in [5, 5.41) is 8.74. The maximum atomic E-state index is 12.7. The summed E-state index contributed by atoms with van der Waals surface area (Å²) in [5.74, 6) is 0. The standard InChI is InChI=1S/C14H17BrN2O3S/c15-12-4-6-14(7-5-12)21(18,19)17(9-2-8-16)11-13-3-1-10-20-13/h4-7,13H,1-3,9-11H2/t13-/m1/s1. The van der Waals surface area contributed by atoms with Gasteiger partial charge in [-0.25, -0.2) is 8.42 Å². The van der Waals surface area contributed by atoms with Crippen molar-refractivity contribution in [3.05, 3.63) is 28.7 Å². The van der Waals surface area contributed by atoms with E-state index in [2.05, 4.69) is 15.9 Å². The summed E-state index contributed by atoms with van der Waals surface area (Å²) in [7, 11) is -3.60. The molecule has 0 aliphatic carbocycles. The predicted octanol–water partition coefficient (Wildman–Crippen LogP) is 2.53. The van der Waals surface area contributed by atoms with E-state index in [9.17, 15) is 8.42 Å². The molecule has 0 radical (unpaired) electrons. The van der Waals surface area contributed by atoms with Crippen molar-refractivity contribution in [1.82, 2.24) is 4.31 Å². The molecule has 0 saturated carbocycles. The molecule has 0 amide bonds. The largest absolute Gasteiger partial charge is 0.377 e. The summed E-state index contributed by atoms with van der Waals surface area (Å²) in [6, 6.07) is 8.52. The van der Waals surface area contributed by atoms with Crippen molar-refractivity contribution >= 4 is 26.0 Å². The molecule has 1 heterocycles. The van der Waals surface area contributed by atoms with Gasteiger partial charge < -0.3 is 4.74 Å². The molecule has 1 aliphatic rings. The molecule has 21 heavy (non-hydrogen) atoms. The normalized spacial score (nSPS) is 18.8. The summed E-state index contributed by atoms with van der Waals surface area (Å²) < 4.78 is 33.1. The van der Waals surface area contributed by atoms with Gasteiger partial charge in [-0.3, -0.25) is 0 Å². The molecule has 5 nitrogen and oxygen atoms in total. The van der Waals surface area contributed by atoms with E-state index in [0.717, 1.165) is 17.3 Å². The molecule has 7 heteroatoms. The number of ether oxygens (including phenoxy) is 1. The van der Waals surface area contributed by atoms with E-state index in [4.69, 9.17) is 10.00 Å². The molecule has 2 rings (SSSR count). The maximum Gasteiger partial charge on any atom is 0.243 e. The molecule has 114 valence electrons. The molecule has 0 bridgehead atoms. The first-order valence-corrected chi connectivity index (χ1v) is 9.01. The van der Waals surface area contributed by atoms with Crippen LogP contribution >= 0.6 is 15.9 Å². The SMILES string of the molecule is N#CCCN(C[C@H]1CCCO1)S(=O)(=O)c1ccc(Br)cc1. The average Bonchev–Trinajstić information content (AvgIpc) is 2.96. The molecule has 1 atom stereocenters. The Morgan fingerprint density at radius 3 is 2.67 bits per heavy atom. The van der Waals surface area contributed by atoms with Gasteiger partial charge in [0.1, 0.15) is 0 Å². The van der Waals surface area contributed by atoms with E-state index in [0.29, 0.717) is 13.2 Å². The lowest BCUT2D eigenvalue weighted by atomic mass is 10.2. The van der Waals surface area contributed by atoms with Crippen LogP contribution in [0.4, 0.5) is 0 Å². The van der Waals surface area contributed by atoms with Crippen LogP contribution in [0, 0.1) is 11.3 Å². The number of hydrogen-bond donors (Lipinski definition) is 0. The second-order valence-corrected chi connectivity index (χ2v) is 7.71. The Kier molecular flexibility index (Phi) is 5.76. The highest BCUT2D eigenvalue weighted by atomic mass is 79.9. The fraction of sp³-hybridized carbons (Fsp3) is 0.500. The van der Waals surface area contributed by atoms with Gasteiger partial charge in [0.25, 0.3) is 0 Å². The highest BCUT2D eigenvalue weighted by Gasteiger charge is 2.28. The second kappa shape index (κ2) is 7.36. The van der Waals surface area contributed by atoms with E-state index in [1.54, 1.807) is 24.3 Å². The highest BCUT2D eigenvalue weighted by molar-refractivity contribution is 9.10. The molecule has 0 unspecified atom stereocenters. The van der Waals surface area contributed by atoms with E-state index in [1.165, 1.54) is 4.31 Å². The van der Waals surface area contributed by atoms with Crippen LogP contribution < -0.4 is 0 Å². The number of hydrogen-bond acceptors (Lipinski definition) is 4. The van der Waals surface area contributed by atoms with Gasteiger partial charge in [-0.05, 0) is 37.1 Å². The van der Waals surface area contributed by atoms with Crippen molar-refractivity contribution in [2.75, 3.05) is 19.7 Å². The molecule has 0 N–H and O–H groups in total. The minimum Gasteiger partial charge on any atom is -0.377 e. The topological polar surface area (TPSA) is 70.4 Å². The minimum atomic E-state index is -3.60. The van der Waals surface area contributed by atoms with Crippen molar-refractivity contribution < 1.29 is 13.2 Å². The Balaban J connectivity index is 2.20. The van der Waals surface area contributed by atoms with Crippen LogP contribution in [0.25, 0.3) is 0 Å². The summed E-state index contributed by atoms with van der Waals surface area (Å²) in [4.78, 5) is 0.238. The van der Waals surface area contributed by atoms with E-state index < -0.39 is 10.0 Å². The quantitative estimate of drug-likeness (QED) is 0.768. The highest BCUT2D eigenvalue weighted by Crippen LogP contribution is 2.21. The zero-order valence-electron chi connectivity index (χ0n) is 11.5. The van der Waals surface area contributed by atoms with E-state index in [1.807, 2.05) is 6.07 Å². The molecule has 0 aromatic heterocycles. The molecule has 1 aromatic rings. The second-order valence-electron chi connectivity index (χ2n) is 4.86. The van der Waals surface area contributed by atoms with Crippen LogP contribution in [-0.4, -0.2) is 38.5 Å². The van der Waals surface area contributed by atoms with Crippen LogP contribution in [0.15, 0.2) is 33.6 Å². The van der Waals surface area contributed by atoms with Crippen molar-refractivity contribution in [3.63, 3.8) is 0 Å². The van der Waals surface area contributed by atoms with Gasteiger partial charge in [-0.2, -0.15) is 9.57 Å². The summed E-state index contributed by atoms with van der Waals surface area (Å²) >= 11 is 3.29. The summed E-state index contributed by atoms with van der Waals surface area (Å²) in [6.07, 6.45) is 1.91. The molecule has 1 fully saturated rings. The lowest BCUT2D eigenvalue weighted by Gasteiger charge is -2.24. The molecule has 1 aliphatic heterocycles. The summed E-state index contributed by atoms with van der Waals surface area (Å²) in [6.45, 7) is 1.17. The number of rotatable bonds is 6. The first kappa shape index (κ1) is 16.4. The zero-order valence-corrected chi connectivity index (χ0v) is 13.9. The van der Waals surface area contributed by atoms with E-state index in [-0.39, 0.29) is 24.0 Å². The van der Waals surface area contributed by atoms with Gasteiger partial charge in [-0.15, -0.1) is 0 Å². The number of nitrogens with zero attached hydrogens (tertiary/aromatic N) is 2. The fourth-order valence-corrected chi connectivity index (χ4v) is 3.99. The van der Waals surface area contributed by atoms with Crippen molar-refractivity contribution in [2.24, 2.45) is 0 Å². The Bertz CT molecular complexity index is 604. The number of nitriles is 1. The smallest absolute Gasteiger partial charge is 0.243 e. The van der Waals surface area contributed by atoms with Gasteiger partial charge in [0.15, 0.2) is 0 Å². The van der Waals surface area contributed by atoms with Gasteiger partial charge in [0.05, 0.1) is 17.1 Å². The molecular weight excluding hydrogens is 356 g/mol. The third-order valence-corrected chi connectivity index (χ3v) is 5.76. The lowest BCUT2D eigenvalue weighted by Crippen LogP contribution is -2.38. The zero-order chi connectivity index (χ0) is 15.3. The lowest BCUT2D eigenvalue weighted by molar-refractivity contribution is 0.0941. The van der Waals surface area contributed by atoms with Gasteiger partial charge in [-0.1, -0.05) is 15.9 Å². The van der Waals surface area contributed by atoms with Gasteiger partial charge in [0, 0.05) is 30.6 Å². The number of benzene rings is 1. The molecule has 1 aromatic carbocycles. The van der Waals surface area contributed by atoms with Crippen molar-refractivity contribution in [2.45, 2.75) is 30.3 Å². The van der Waals surface area contributed by atoms with Crippen molar-refractivity contribution in [1.29, 1.82) is 5.26 Å². The van der Waals surface area contributed by atoms with Crippen LogP contribution in [-0.2, 0) is 14.8 Å². The van der Waals surface area contributed by atoms with E-state index >= 15 is 0 Å². The number of sulfonamides is 1. The first-order chi connectivity index (χ1) is 10.0. The third-order valence-electron chi connectivity index (χ3n) is 3.36. The van der Waals surface area contributed by atoms with Gasteiger partial charge >= 0.3 is 0 Å². The third kappa shape index (κ3) is 4.27. The minimum absolute atomic E-state index is 0.0751. The van der Waals surface area contributed by atoms with Crippen LogP contribution in [0.2, 0.25) is 0 Å². The van der Waals surface area contributed by atoms with Crippen LogP contribution in [0.5, 0.6) is 0 Å². The maximum absolute atomic E-state index is 12.7. The predicted molar refractivity (Wildman–Crippen MR) is 82.1 cm³/mol. The molecule has 0 spiro atoms. The fourth-order valence-electron chi connectivity index (χ4n) is 2.26. The van der Waals surface area contributed by atoms with Crippen molar-refractivity contribution in [3.8, 4) is 6.07 Å². The van der Waals surface area contributed by atoms with Crippen LogP contribution in [0.1, 0.15) is 19.3 Å². The Morgan fingerprint density at radius 1 is 1.38 bits per heavy atom. The average molecular weight is 373 g/mol. The van der Waals surface area contributed by atoms with Gasteiger partial charge in [0.2, 0.25) is 10.0 Å². The summed E-state index contributed by atoms with van der Waals surface area (Å²) in [5.41, 5.74) is 0. The number of halogens is 1.